The van der Waals surface area contributed by atoms with Crippen LogP contribution in [-0.4, -0.2) is 55.0 Å². The molecule has 0 N–H and O–H groups in total. The molecule has 0 aliphatic carbocycles. The van der Waals surface area contributed by atoms with Crippen LogP contribution in [0.3, 0.4) is 0 Å². The minimum Gasteiger partial charge on any atom is -0.473 e. The predicted octanol–water partition coefficient (Wildman–Crippen LogP) is 3.55. The van der Waals surface area contributed by atoms with Crippen LogP contribution in [0.4, 0.5) is 13.2 Å². The van der Waals surface area contributed by atoms with Crippen molar-refractivity contribution in [3.05, 3.63) is 59.6 Å². The third-order valence-corrected chi connectivity index (χ3v) is 4.76. The summed E-state index contributed by atoms with van der Waals surface area (Å²) in [5.41, 5.74) is 0.670. The maximum absolute atomic E-state index is 14.2. The molecule has 170 valence electrons. The normalized spacial score (nSPS) is 12.5. The lowest BCUT2D eigenvalue weighted by Gasteiger charge is -2.28. The first kappa shape index (κ1) is 23.2. The molecule has 0 radical (unpaired) electrons. The topological polar surface area (TPSA) is 86.0 Å². The number of halogens is 3. The summed E-state index contributed by atoms with van der Waals surface area (Å²) in [6, 6.07) is 3.64. The van der Waals surface area contributed by atoms with E-state index >= 15 is 0 Å². The molecular formula is C21H23F3N6O2. The molecule has 3 aromatic heterocycles. The molecule has 0 aliphatic rings. The summed E-state index contributed by atoms with van der Waals surface area (Å²) in [5.74, 6) is -5.01. The van der Waals surface area contributed by atoms with Crippen molar-refractivity contribution in [3.63, 3.8) is 0 Å². The SMILES string of the molecule is CCN(C(=O)c1nc(C)ccc1-n1nccn1)[C@@H](C)COc1ncc(C(C)(F)F)cc1F. The number of ether oxygens (including phenoxy) is 1. The number of aromatic nitrogens is 5. The largest absolute Gasteiger partial charge is 0.473 e. The quantitative estimate of drug-likeness (QED) is 0.524. The van der Waals surface area contributed by atoms with Gasteiger partial charge in [-0.1, -0.05) is 0 Å². The maximum atomic E-state index is 14.2. The molecule has 0 unspecified atom stereocenters. The summed E-state index contributed by atoms with van der Waals surface area (Å²) >= 11 is 0. The van der Waals surface area contributed by atoms with Gasteiger partial charge in [0.1, 0.15) is 12.3 Å². The second-order valence-corrected chi connectivity index (χ2v) is 7.29. The molecule has 32 heavy (non-hydrogen) atoms. The third-order valence-electron chi connectivity index (χ3n) is 4.76. The fourth-order valence-electron chi connectivity index (χ4n) is 3.06. The zero-order valence-corrected chi connectivity index (χ0v) is 18.1. The number of rotatable bonds is 8. The fraction of sp³-hybridized carbons (Fsp3) is 0.381. The van der Waals surface area contributed by atoms with E-state index in [4.69, 9.17) is 4.74 Å². The molecule has 0 aliphatic heterocycles. The van der Waals surface area contributed by atoms with E-state index in [1.54, 1.807) is 32.9 Å². The lowest BCUT2D eigenvalue weighted by Crippen LogP contribution is -2.42. The van der Waals surface area contributed by atoms with Crippen LogP contribution >= 0.6 is 0 Å². The van der Waals surface area contributed by atoms with Crippen molar-refractivity contribution in [2.45, 2.75) is 39.7 Å². The number of amides is 1. The molecule has 0 bridgehead atoms. The van der Waals surface area contributed by atoms with Gasteiger partial charge >= 0.3 is 0 Å². The zero-order chi connectivity index (χ0) is 23.5. The van der Waals surface area contributed by atoms with E-state index in [1.165, 1.54) is 22.1 Å². The van der Waals surface area contributed by atoms with Gasteiger partial charge < -0.3 is 9.64 Å². The Kier molecular flexibility index (Phi) is 6.75. The van der Waals surface area contributed by atoms with Gasteiger partial charge in [-0.15, -0.1) is 4.80 Å². The van der Waals surface area contributed by atoms with Crippen molar-refractivity contribution in [2.24, 2.45) is 0 Å². The standard InChI is InChI=1S/C21H23F3N6O2/c1-5-29(14(3)12-32-19-16(22)10-15(11-25-19)21(4,23)24)20(31)18-17(7-6-13(2)28-18)30-26-8-9-27-30/h6-11,14H,5,12H2,1-4H3/t14-/m0/s1. The minimum atomic E-state index is -3.22. The molecule has 3 heterocycles. The van der Waals surface area contributed by atoms with Crippen LogP contribution in [0.15, 0.2) is 36.8 Å². The van der Waals surface area contributed by atoms with Crippen molar-refractivity contribution in [1.29, 1.82) is 0 Å². The molecule has 0 fully saturated rings. The van der Waals surface area contributed by atoms with Gasteiger partial charge in [-0.05, 0) is 39.0 Å². The molecule has 3 aromatic rings. The van der Waals surface area contributed by atoms with Crippen LogP contribution in [0.5, 0.6) is 5.88 Å². The van der Waals surface area contributed by atoms with Crippen molar-refractivity contribution in [1.82, 2.24) is 29.9 Å². The van der Waals surface area contributed by atoms with Crippen molar-refractivity contribution in [3.8, 4) is 11.6 Å². The summed E-state index contributed by atoms with van der Waals surface area (Å²) in [5, 5.41) is 8.13. The van der Waals surface area contributed by atoms with E-state index in [2.05, 4.69) is 20.2 Å². The summed E-state index contributed by atoms with van der Waals surface area (Å²) in [6.45, 7) is 6.14. The highest BCUT2D eigenvalue weighted by atomic mass is 19.3. The van der Waals surface area contributed by atoms with Crippen molar-refractivity contribution < 1.29 is 22.7 Å². The Morgan fingerprint density at radius 3 is 2.56 bits per heavy atom. The number of likely N-dealkylation sites (N-methyl/N-ethyl adjacent to an activating group) is 1. The Balaban J connectivity index is 1.78. The Hall–Kier alpha value is -3.50. The first-order valence-electron chi connectivity index (χ1n) is 9.93. The second kappa shape index (κ2) is 9.33. The maximum Gasteiger partial charge on any atom is 0.275 e. The lowest BCUT2D eigenvalue weighted by atomic mass is 10.2. The Bertz CT molecular complexity index is 1090. The van der Waals surface area contributed by atoms with Crippen LogP contribution < -0.4 is 4.74 Å². The van der Waals surface area contributed by atoms with Gasteiger partial charge in [0.05, 0.1) is 18.4 Å². The zero-order valence-electron chi connectivity index (χ0n) is 18.1. The predicted molar refractivity (Wildman–Crippen MR) is 109 cm³/mol. The van der Waals surface area contributed by atoms with Gasteiger partial charge in [0, 0.05) is 30.9 Å². The molecule has 1 amide bonds. The van der Waals surface area contributed by atoms with E-state index in [0.717, 1.165) is 6.20 Å². The van der Waals surface area contributed by atoms with E-state index in [-0.39, 0.29) is 18.2 Å². The summed E-state index contributed by atoms with van der Waals surface area (Å²) < 4.78 is 46.2. The molecule has 11 heteroatoms. The van der Waals surface area contributed by atoms with Gasteiger partial charge in [0.2, 0.25) is 5.88 Å². The molecule has 8 nitrogen and oxygen atoms in total. The second-order valence-electron chi connectivity index (χ2n) is 7.29. The summed E-state index contributed by atoms with van der Waals surface area (Å²) in [7, 11) is 0. The van der Waals surface area contributed by atoms with Crippen LogP contribution in [0.2, 0.25) is 0 Å². The smallest absolute Gasteiger partial charge is 0.275 e. The van der Waals surface area contributed by atoms with E-state index in [9.17, 15) is 18.0 Å². The Morgan fingerprint density at radius 1 is 1.28 bits per heavy atom. The molecule has 0 spiro atoms. The van der Waals surface area contributed by atoms with Crippen LogP contribution in [0.25, 0.3) is 5.69 Å². The van der Waals surface area contributed by atoms with Gasteiger partial charge in [0.15, 0.2) is 11.5 Å². The van der Waals surface area contributed by atoms with Crippen LogP contribution in [0.1, 0.15) is 42.5 Å². The van der Waals surface area contributed by atoms with E-state index < -0.39 is 29.2 Å². The lowest BCUT2D eigenvalue weighted by molar-refractivity contribution is 0.0165. The Labute approximate surface area is 183 Å². The average Bonchev–Trinajstić information content (AvgIpc) is 3.27. The number of hydrogen-bond acceptors (Lipinski definition) is 6. The number of carbonyl (C=O) groups is 1. The monoisotopic (exact) mass is 448 g/mol. The fourth-order valence-corrected chi connectivity index (χ4v) is 3.06. The highest BCUT2D eigenvalue weighted by molar-refractivity contribution is 5.96. The summed E-state index contributed by atoms with van der Waals surface area (Å²) in [4.78, 5) is 24.1. The molecule has 0 saturated heterocycles. The molecule has 1 atom stereocenters. The van der Waals surface area contributed by atoms with E-state index in [0.29, 0.717) is 30.9 Å². The van der Waals surface area contributed by atoms with Crippen molar-refractivity contribution in [2.75, 3.05) is 13.2 Å². The highest BCUT2D eigenvalue weighted by Gasteiger charge is 2.28. The third kappa shape index (κ3) is 5.04. The molecule has 0 saturated carbocycles. The van der Waals surface area contributed by atoms with Gasteiger partial charge in [-0.25, -0.2) is 23.1 Å². The molecular weight excluding hydrogens is 425 g/mol. The Morgan fingerprint density at radius 2 is 1.97 bits per heavy atom. The van der Waals surface area contributed by atoms with Crippen LogP contribution in [0, 0.1) is 12.7 Å². The van der Waals surface area contributed by atoms with Crippen LogP contribution in [-0.2, 0) is 5.92 Å². The van der Waals surface area contributed by atoms with Gasteiger partial charge in [-0.3, -0.25) is 4.79 Å². The number of alkyl halides is 2. The summed E-state index contributed by atoms with van der Waals surface area (Å²) in [6.07, 6.45) is 3.85. The molecule has 0 aromatic carbocycles. The number of pyridine rings is 2. The number of hydrogen-bond donors (Lipinski definition) is 0. The van der Waals surface area contributed by atoms with Gasteiger partial charge in [-0.2, -0.15) is 10.2 Å². The van der Waals surface area contributed by atoms with Crippen molar-refractivity contribution >= 4 is 5.91 Å². The van der Waals surface area contributed by atoms with E-state index in [1.807, 2.05) is 0 Å². The first-order valence-corrected chi connectivity index (χ1v) is 9.93. The number of carbonyl (C=O) groups excluding carboxylic acids is 1. The highest BCUT2D eigenvalue weighted by Crippen LogP contribution is 2.28. The number of aryl methyl sites for hydroxylation is 1. The van der Waals surface area contributed by atoms with Gasteiger partial charge in [0.25, 0.3) is 11.8 Å². The average molecular weight is 448 g/mol. The molecule has 3 rings (SSSR count). The first-order chi connectivity index (χ1) is 15.1. The minimum absolute atomic E-state index is 0.105. The number of nitrogens with zero attached hydrogens (tertiary/aromatic N) is 6.